The lowest BCUT2D eigenvalue weighted by molar-refractivity contribution is -0.136. The van der Waals surface area contributed by atoms with Gasteiger partial charge in [0.15, 0.2) is 5.03 Å². The first-order valence-electron chi connectivity index (χ1n) is 5.64. The molecule has 0 aliphatic heterocycles. The lowest BCUT2D eigenvalue weighted by atomic mass is 10.1. The third kappa shape index (κ3) is 3.69. The lowest BCUT2D eigenvalue weighted by Gasteiger charge is -2.10. The van der Waals surface area contributed by atoms with Crippen LogP contribution in [0.1, 0.15) is 5.56 Å². The van der Waals surface area contributed by atoms with Crippen molar-refractivity contribution in [2.75, 3.05) is 0 Å². The molecule has 0 aliphatic rings. The van der Waals surface area contributed by atoms with Gasteiger partial charge in [-0.25, -0.2) is 4.98 Å². The van der Waals surface area contributed by atoms with Crippen molar-refractivity contribution in [1.29, 1.82) is 0 Å². The van der Waals surface area contributed by atoms with Crippen molar-refractivity contribution in [2.45, 2.75) is 16.7 Å². The molecule has 5 nitrogen and oxygen atoms in total. The Morgan fingerprint density at radius 3 is 2.74 bits per heavy atom. The molecule has 98 valence electrons. The summed E-state index contributed by atoms with van der Waals surface area (Å²) in [5, 5.41) is 8.66. The van der Waals surface area contributed by atoms with Crippen molar-refractivity contribution >= 4 is 17.7 Å². The predicted octanol–water partition coefficient (Wildman–Crippen LogP) is 1.56. The molecule has 1 aromatic carbocycles. The maximum absolute atomic E-state index is 11.5. The van der Waals surface area contributed by atoms with Gasteiger partial charge in [0.2, 0.25) is 0 Å². The van der Waals surface area contributed by atoms with Crippen LogP contribution in [0, 0.1) is 0 Å². The number of carboxylic acids is 1. The molecule has 0 spiro atoms. The van der Waals surface area contributed by atoms with Crippen molar-refractivity contribution < 1.29 is 9.90 Å². The van der Waals surface area contributed by atoms with Gasteiger partial charge in [0, 0.05) is 12.4 Å². The molecule has 0 fully saturated rings. The number of carboxylic acid groups (broad SMARTS) is 1. The first-order valence-corrected chi connectivity index (χ1v) is 6.52. The fourth-order valence-electron chi connectivity index (χ4n) is 1.56. The van der Waals surface area contributed by atoms with Gasteiger partial charge in [0.1, 0.15) is 5.25 Å². The molecule has 2 N–H and O–H groups in total. The molecular formula is C13H12N2O3S. The predicted molar refractivity (Wildman–Crippen MR) is 72.3 cm³/mol. The van der Waals surface area contributed by atoms with Gasteiger partial charge in [0.05, 0.1) is 0 Å². The first-order chi connectivity index (χ1) is 9.16. The number of hydrogen-bond donors (Lipinski definition) is 2. The summed E-state index contributed by atoms with van der Waals surface area (Å²) in [4.78, 5) is 29.1. The van der Waals surface area contributed by atoms with E-state index in [1.165, 1.54) is 12.4 Å². The Balaban J connectivity index is 2.16. The van der Waals surface area contributed by atoms with E-state index in [-0.39, 0.29) is 10.6 Å². The number of benzene rings is 1. The molecule has 1 unspecified atom stereocenters. The Labute approximate surface area is 113 Å². The molecule has 0 saturated heterocycles. The highest BCUT2D eigenvalue weighted by Gasteiger charge is 2.21. The fourth-order valence-corrected chi connectivity index (χ4v) is 2.50. The van der Waals surface area contributed by atoms with Gasteiger partial charge in [-0.2, -0.15) is 0 Å². The number of thioether (sulfide) groups is 1. The zero-order valence-corrected chi connectivity index (χ0v) is 10.8. The van der Waals surface area contributed by atoms with Crippen LogP contribution in [0.25, 0.3) is 0 Å². The summed E-state index contributed by atoms with van der Waals surface area (Å²) in [7, 11) is 0. The topological polar surface area (TPSA) is 83.0 Å². The van der Waals surface area contributed by atoms with Crippen LogP contribution >= 0.6 is 11.8 Å². The van der Waals surface area contributed by atoms with E-state index >= 15 is 0 Å². The highest BCUT2D eigenvalue weighted by Crippen LogP contribution is 2.21. The number of nitrogens with zero attached hydrogens (tertiary/aromatic N) is 1. The monoisotopic (exact) mass is 276 g/mol. The summed E-state index contributed by atoms with van der Waals surface area (Å²) in [5.41, 5.74) is 0.543. The zero-order chi connectivity index (χ0) is 13.7. The number of aliphatic carboxylic acids is 1. The quantitative estimate of drug-likeness (QED) is 0.810. The van der Waals surface area contributed by atoms with E-state index < -0.39 is 11.2 Å². The largest absolute Gasteiger partial charge is 0.480 e. The average molecular weight is 276 g/mol. The van der Waals surface area contributed by atoms with Crippen molar-refractivity contribution in [3.8, 4) is 0 Å². The van der Waals surface area contributed by atoms with Crippen LogP contribution in [-0.4, -0.2) is 26.3 Å². The molecule has 6 heteroatoms. The molecule has 0 aliphatic carbocycles. The van der Waals surface area contributed by atoms with E-state index in [4.69, 9.17) is 0 Å². The van der Waals surface area contributed by atoms with Crippen LogP contribution in [-0.2, 0) is 11.2 Å². The number of aromatic amines is 1. The van der Waals surface area contributed by atoms with Gasteiger partial charge in [-0.05, 0) is 12.0 Å². The number of carbonyl (C=O) groups is 1. The number of rotatable bonds is 5. The average Bonchev–Trinajstić information content (AvgIpc) is 2.41. The van der Waals surface area contributed by atoms with Gasteiger partial charge in [-0.15, -0.1) is 0 Å². The third-order valence-electron chi connectivity index (χ3n) is 2.47. The molecular weight excluding hydrogens is 264 g/mol. The molecule has 0 saturated carbocycles. The highest BCUT2D eigenvalue weighted by molar-refractivity contribution is 8.00. The SMILES string of the molecule is O=C(O)C(Cc1ccccc1)Sc1ncc[nH]c1=O. The Kier molecular flexibility index (Phi) is 4.35. The normalized spacial score (nSPS) is 12.0. The lowest BCUT2D eigenvalue weighted by Crippen LogP contribution is -2.21. The summed E-state index contributed by atoms with van der Waals surface area (Å²) in [6.45, 7) is 0. The van der Waals surface area contributed by atoms with Crippen LogP contribution in [0.3, 0.4) is 0 Å². The Hall–Kier alpha value is -2.08. The molecule has 1 atom stereocenters. The molecule has 2 rings (SSSR count). The van der Waals surface area contributed by atoms with Crippen molar-refractivity contribution in [2.24, 2.45) is 0 Å². The van der Waals surface area contributed by atoms with Gasteiger partial charge in [0.25, 0.3) is 5.56 Å². The maximum Gasteiger partial charge on any atom is 0.317 e. The van der Waals surface area contributed by atoms with Crippen molar-refractivity contribution in [3.63, 3.8) is 0 Å². The number of nitrogens with one attached hydrogen (secondary N) is 1. The first kappa shape index (κ1) is 13.4. The van der Waals surface area contributed by atoms with E-state index in [1.54, 1.807) is 0 Å². The molecule has 1 heterocycles. The third-order valence-corrected chi connectivity index (χ3v) is 3.64. The van der Waals surface area contributed by atoms with Gasteiger partial charge in [-0.1, -0.05) is 42.1 Å². The van der Waals surface area contributed by atoms with E-state index in [0.717, 1.165) is 17.3 Å². The fraction of sp³-hybridized carbons (Fsp3) is 0.154. The second-order valence-corrected chi connectivity index (χ2v) is 5.05. The number of H-pyrrole nitrogens is 1. The van der Waals surface area contributed by atoms with Crippen LogP contribution in [0.2, 0.25) is 0 Å². The summed E-state index contributed by atoms with van der Waals surface area (Å²) >= 11 is 0.964. The second kappa shape index (κ2) is 6.19. The molecule has 1 aromatic heterocycles. The summed E-state index contributed by atoms with van der Waals surface area (Å²) in [5.74, 6) is -0.959. The van der Waals surface area contributed by atoms with E-state index in [0.29, 0.717) is 6.42 Å². The molecule has 2 aromatic rings. The maximum atomic E-state index is 11.5. The highest BCUT2D eigenvalue weighted by atomic mass is 32.2. The minimum Gasteiger partial charge on any atom is -0.480 e. The van der Waals surface area contributed by atoms with Crippen LogP contribution < -0.4 is 5.56 Å². The Morgan fingerprint density at radius 2 is 2.11 bits per heavy atom. The minimum absolute atomic E-state index is 0.172. The van der Waals surface area contributed by atoms with Crippen molar-refractivity contribution in [3.05, 3.63) is 58.6 Å². The molecule has 0 amide bonds. The summed E-state index contributed by atoms with van der Waals surface area (Å²) < 4.78 is 0. The van der Waals surface area contributed by atoms with Gasteiger partial charge < -0.3 is 10.1 Å². The molecule has 19 heavy (non-hydrogen) atoms. The van der Waals surface area contributed by atoms with Crippen LogP contribution in [0.4, 0.5) is 0 Å². The van der Waals surface area contributed by atoms with Crippen LogP contribution in [0.5, 0.6) is 0 Å². The van der Waals surface area contributed by atoms with Gasteiger partial charge in [-0.3, -0.25) is 9.59 Å². The number of hydrogen-bond acceptors (Lipinski definition) is 4. The van der Waals surface area contributed by atoms with E-state index in [2.05, 4.69) is 9.97 Å². The van der Waals surface area contributed by atoms with E-state index in [1.807, 2.05) is 30.3 Å². The zero-order valence-electron chi connectivity index (χ0n) is 9.95. The molecule has 0 radical (unpaired) electrons. The van der Waals surface area contributed by atoms with Crippen LogP contribution in [0.15, 0.2) is 52.5 Å². The van der Waals surface area contributed by atoms with Gasteiger partial charge >= 0.3 is 5.97 Å². The standard InChI is InChI=1S/C13H12N2O3S/c16-11-12(15-7-6-14-11)19-10(13(17)18)8-9-4-2-1-3-5-9/h1-7,10H,8H2,(H,14,16)(H,17,18). The summed E-state index contributed by atoms with van der Waals surface area (Å²) in [6.07, 6.45) is 3.20. The van der Waals surface area contributed by atoms with Crippen molar-refractivity contribution in [1.82, 2.24) is 9.97 Å². The Bertz CT molecular complexity index is 613. The Morgan fingerprint density at radius 1 is 1.37 bits per heavy atom. The smallest absolute Gasteiger partial charge is 0.317 e. The van der Waals surface area contributed by atoms with E-state index in [9.17, 15) is 14.7 Å². The second-order valence-electron chi connectivity index (χ2n) is 3.86. The summed E-state index contributed by atoms with van der Waals surface area (Å²) in [6, 6.07) is 9.30. The molecule has 0 bridgehead atoms. The number of aromatic nitrogens is 2. The minimum atomic E-state index is -0.959.